The summed E-state index contributed by atoms with van der Waals surface area (Å²) in [5.74, 6) is -0.860. The van der Waals surface area contributed by atoms with E-state index in [2.05, 4.69) is 0 Å². The number of carboxylic acids is 1. The van der Waals surface area contributed by atoms with E-state index in [-0.39, 0.29) is 12.2 Å². The third-order valence-electron chi connectivity index (χ3n) is 1.71. The van der Waals surface area contributed by atoms with Gasteiger partial charge in [-0.2, -0.15) is 0 Å². The molecule has 0 spiro atoms. The van der Waals surface area contributed by atoms with E-state index >= 15 is 0 Å². The van der Waals surface area contributed by atoms with Crippen LogP contribution in [-0.2, 0) is 15.8 Å². The van der Waals surface area contributed by atoms with Gasteiger partial charge >= 0.3 is 13.8 Å². The van der Waals surface area contributed by atoms with Gasteiger partial charge < -0.3 is 30.6 Å². The Balaban J connectivity index is 0.000000494. The summed E-state index contributed by atoms with van der Waals surface area (Å²) < 4.78 is 8.88. The van der Waals surface area contributed by atoms with Crippen molar-refractivity contribution in [1.82, 2.24) is 0 Å². The van der Waals surface area contributed by atoms with Gasteiger partial charge in [-0.15, -0.1) is 0 Å². The van der Waals surface area contributed by atoms with Gasteiger partial charge in [0.2, 0.25) is 0 Å². The zero-order valence-corrected chi connectivity index (χ0v) is 10.1. The maximum absolute atomic E-state index is 10.4. The van der Waals surface area contributed by atoms with E-state index in [1.165, 1.54) is 12.1 Å². The fourth-order valence-electron chi connectivity index (χ4n) is 0.973. The van der Waals surface area contributed by atoms with Crippen molar-refractivity contribution >= 4 is 13.8 Å². The van der Waals surface area contributed by atoms with Crippen molar-refractivity contribution < 1.29 is 34.3 Å². The Morgan fingerprint density at radius 2 is 1.61 bits per heavy atom. The standard InChI is InChI=1S/C9H11NO3.H3O4P/c10-8(9(12)13)5-6-1-3-7(11)4-2-6;1-5(2,3)4/h1-4,8,11H,5,10H2,(H,12,13);(H3,1,2,3,4). The van der Waals surface area contributed by atoms with Gasteiger partial charge in [-0.25, -0.2) is 4.57 Å². The Hall–Kier alpha value is -1.44. The first kappa shape index (κ1) is 16.6. The van der Waals surface area contributed by atoms with E-state index in [0.29, 0.717) is 0 Å². The maximum Gasteiger partial charge on any atom is 0.466 e. The molecule has 0 fully saturated rings. The van der Waals surface area contributed by atoms with Crippen molar-refractivity contribution in [1.29, 1.82) is 0 Å². The molecule has 0 aliphatic heterocycles. The molecule has 0 amide bonds. The summed E-state index contributed by atoms with van der Waals surface area (Å²) in [4.78, 5) is 32.0. The van der Waals surface area contributed by atoms with Gasteiger partial charge in [0.05, 0.1) is 0 Å². The van der Waals surface area contributed by atoms with Gasteiger partial charge in [0.15, 0.2) is 0 Å². The molecule has 0 aliphatic rings. The van der Waals surface area contributed by atoms with Crippen molar-refractivity contribution in [2.24, 2.45) is 5.73 Å². The minimum Gasteiger partial charge on any atom is -0.508 e. The highest BCUT2D eigenvalue weighted by atomic mass is 31.2. The normalized spacial score (nSPS) is 12.2. The SMILES string of the molecule is NC(Cc1ccc(O)cc1)C(=O)O.O=P(O)(O)O. The summed E-state index contributed by atoms with van der Waals surface area (Å²) in [5, 5.41) is 17.5. The van der Waals surface area contributed by atoms with Gasteiger partial charge in [0.25, 0.3) is 0 Å². The molecular weight excluding hydrogens is 265 g/mol. The first-order valence-corrected chi connectivity index (χ1v) is 6.20. The van der Waals surface area contributed by atoms with E-state index in [0.717, 1.165) is 5.56 Å². The minimum atomic E-state index is -4.64. The summed E-state index contributed by atoms with van der Waals surface area (Å²) in [6.07, 6.45) is 0.273. The van der Waals surface area contributed by atoms with E-state index in [1.807, 2.05) is 0 Å². The van der Waals surface area contributed by atoms with Crippen molar-refractivity contribution in [2.45, 2.75) is 12.5 Å². The largest absolute Gasteiger partial charge is 0.508 e. The molecule has 0 bridgehead atoms. The van der Waals surface area contributed by atoms with Crippen LogP contribution in [0, 0.1) is 0 Å². The molecule has 7 N–H and O–H groups in total. The second-order valence-electron chi connectivity index (χ2n) is 3.33. The Morgan fingerprint density at radius 1 is 1.22 bits per heavy atom. The Morgan fingerprint density at radius 3 is 1.94 bits per heavy atom. The fraction of sp³-hybridized carbons (Fsp3) is 0.222. The monoisotopic (exact) mass is 279 g/mol. The van der Waals surface area contributed by atoms with Crippen molar-refractivity contribution in [3.8, 4) is 5.75 Å². The number of rotatable bonds is 3. The van der Waals surface area contributed by atoms with E-state index in [1.54, 1.807) is 12.1 Å². The number of carbonyl (C=O) groups is 1. The van der Waals surface area contributed by atoms with Crippen molar-refractivity contribution in [2.75, 3.05) is 0 Å². The molecule has 1 atom stereocenters. The predicted molar refractivity (Wildman–Crippen MR) is 61.7 cm³/mol. The van der Waals surface area contributed by atoms with Crippen LogP contribution in [0.2, 0.25) is 0 Å². The highest BCUT2D eigenvalue weighted by molar-refractivity contribution is 7.45. The molecule has 0 saturated carbocycles. The molecule has 1 rings (SSSR count). The average molecular weight is 279 g/mol. The smallest absolute Gasteiger partial charge is 0.466 e. The number of aliphatic carboxylic acids is 1. The van der Waals surface area contributed by atoms with Crippen LogP contribution in [0.4, 0.5) is 0 Å². The van der Waals surface area contributed by atoms with Crippen LogP contribution in [0.3, 0.4) is 0 Å². The molecule has 102 valence electrons. The summed E-state index contributed by atoms with van der Waals surface area (Å²) >= 11 is 0. The molecule has 1 aromatic rings. The van der Waals surface area contributed by atoms with Crippen LogP contribution in [-0.4, -0.2) is 36.9 Å². The van der Waals surface area contributed by atoms with Gasteiger partial charge in [0, 0.05) is 0 Å². The Labute approximate surface area is 103 Å². The summed E-state index contributed by atoms with van der Waals surface area (Å²) in [5.41, 5.74) is 6.12. The van der Waals surface area contributed by atoms with Crippen LogP contribution in [0.5, 0.6) is 5.75 Å². The number of phosphoric acid groups is 1. The van der Waals surface area contributed by atoms with E-state index in [9.17, 15) is 4.79 Å². The van der Waals surface area contributed by atoms with Crippen molar-refractivity contribution in [3.63, 3.8) is 0 Å². The first-order chi connectivity index (χ1) is 8.09. The zero-order chi connectivity index (χ0) is 14.3. The summed E-state index contributed by atoms with van der Waals surface area (Å²) in [7, 11) is -4.64. The van der Waals surface area contributed by atoms with E-state index < -0.39 is 19.8 Å². The van der Waals surface area contributed by atoms with Crippen molar-refractivity contribution in [3.05, 3.63) is 29.8 Å². The fourth-order valence-corrected chi connectivity index (χ4v) is 0.973. The highest BCUT2D eigenvalue weighted by Crippen LogP contribution is 2.25. The molecule has 0 saturated heterocycles. The average Bonchev–Trinajstić information content (AvgIpc) is 2.18. The number of hydrogen-bond acceptors (Lipinski definition) is 4. The Bertz CT molecular complexity index is 419. The van der Waals surface area contributed by atoms with Gasteiger partial charge in [0.1, 0.15) is 11.8 Å². The van der Waals surface area contributed by atoms with Crippen LogP contribution in [0.1, 0.15) is 5.56 Å². The lowest BCUT2D eigenvalue weighted by molar-refractivity contribution is -0.138. The van der Waals surface area contributed by atoms with E-state index in [4.69, 9.17) is 35.2 Å². The number of phenols is 1. The predicted octanol–water partition coefficient (Wildman–Crippen LogP) is -0.582. The molecule has 1 unspecified atom stereocenters. The van der Waals surface area contributed by atoms with Crippen LogP contribution >= 0.6 is 7.82 Å². The number of carboxylic acid groups (broad SMARTS) is 1. The molecule has 0 radical (unpaired) electrons. The maximum atomic E-state index is 10.4. The second-order valence-corrected chi connectivity index (χ2v) is 4.36. The molecular formula is C9H14NO7P. The Kier molecular flexibility index (Phi) is 6.53. The first-order valence-electron chi connectivity index (χ1n) is 4.64. The summed E-state index contributed by atoms with van der Waals surface area (Å²) in [6.45, 7) is 0. The number of aromatic hydroxyl groups is 1. The van der Waals surface area contributed by atoms with Crippen LogP contribution < -0.4 is 5.73 Å². The molecule has 0 aliphatic carbocycles. The second kappa shape index (κ2) is 7.10. The number of benzene rings is 1. The highest BCUT2D eigenvalue weighted by Gasteiger charge is 2.11. The summed E-state index contributed by atoms with van der Waals surface area (Å²) in [6, 6.07) is 5.42. The molecule has 8 nitrogen and oxygen atoms in total. The lowest BCUT2D eigenvalue weighted by Crippen LogP contribution is -2.32. The lowest BCUT2D eigenvalue weighted by Gasteiger charge is -2.05. The van der Waals surface area contributed by atoms with Gasteiger partial charge in [-0.3, -0.25) is 4.79 Å². The van der Waals surface area contributed by atoms with Gasteiger partial charge in [-0.1, -0.05) is 12.1 Å². The third kappa shape index (κ3) is 9.76. The topological polar surface area (TPSA) is 161 Å². The van der Waals surface area contributed by atoms with Crippen LogP contribution in [0.15, 0.2) is 24.3 Å². The molecule has 1 aromatic carbocycles. The van der Waals surface area contributed by atoms with Gasteiger partial charge in [-0.05, 0) is 24.1 Å². The van der Waals surface area contributed by atoms with Crippen LogP contribution in [0.25, 0.3) is 0 Å². The molecule has 18 heavy (non-hydrogen) atoms. The zero-order valence-electron chi connectivity index (χ0n) is 9.17. The molecule has 9 heteroatoms. The number of nitrogens with two attached hydrogens (primary N) is 1. The quantitative estimate of drug-likeness (QED) is 0.400. The molecule has 0 aromatic heterocycles. The molecule has 0 heterocycles. The minimum absolute atomic E-state index is 0.160. The number of phenolic OH excluding ortho intramolecular Hbond substituents is 1. The third-order valence-corrected chi connectivity index (χ3v) is 1.71. The lowest BCUT2D eigenvalue weighted by atomic mass is 10.1. The number of hydrogen-bond donors (Lipinski definition) is 6.